The zero-order valence-corrected chi connectivity index (χ0v) is 10.4. The lowest BCUT2D eigenvalue weighted by Crippen LogP contribution is -2.02. The highest BCUT2D eigenvalue weighted by molar-refractivity contribution is 5.55. The zero-order chi connectivity index (χ0) is 13.1. The molecular weight excluding hydrogens is 228 g/mol. The first-order chi connectivity index (χ1) is 8.54. The highest BCUT2D eigenvalue weighted by Gasteiger charge is 2.04. The van der Waals surface area contributed by atoms with Crippen LogP contribution in [0.2, 0.25) is 0 Å². The second-order valence-corrected chi connectivity index (χ2v) is 4.18. The van der Waals surface area contributed by atoms with Gasteiger partial charge in [-0.1, -0.05) is 12.1 Å². The van der Waals surface area contributed by atoms with E-state index in [9.17, 15) is 5.11 Å². The van der Waals surface area contributed by atoms with Crippen molar-refractivity contribution in [2.75, 3.05) is 11.1 Å². The highest BCUT2D eigenvalue weighted by Crippen LogP contribution is 2.19. The monoisotopic (exact) mass is 244 g/mol. The fraction of sp³-hybridized carbons (Fsp3) is 0.231. The van der Waals surface area contributed by atoms with E-state index in [2.05, 4.69) is 15.3 Å². The fourth-order valence-electron chi connectivity index (χ4n) is 1.65. The lowest BCUT2D eigenvalue weighted by atomic mass is 10.1. The van der Waals surface area contributed by atoms with Crippen molar-refractivity contribution >= 4 is 17.5 Å². The number of aliphatic hydroxyl groups excluding tert-OH is 1. The Balaban J connectivity index is 2.25. The molecule has 0 fully saturated rings. The molecule has 2 aromatic rings. The van der Waals surface area contributed by atoms with Crippen LogP contribution in [-0.2, 0) is 0 Å². The quantitative estimate of drug-likeness (QED) is 0.770. The lowest BCUT2D eigenvalue weighted by Gasteiger charge is -2.09. The number of aromatic nitrogens is 2. The Labute approximate surface area is 106 Å². The van der Waals surface area contributed by atoms with E-state index in [0.29, 0.717) is 11.8 Å². The molecule has 94 valence electrons. The van der Waals surface area contributed by atoms with E-state index in [4.69, 9.17) is 5.73 Å². The van der Waals surface area contributed by atoms with E-state index in [0.717, 1.165) is 16.9 Å². The number of aryl methyl sites for hydroxylation is 1. The van der Waals surface area contributed by atoms with E-state index in [1.807, 2.05) is 31.2 Å². The van der Waals surface area contributed by atoms with Crippen molar-refractivity contribution in [1.29, 1.82) is 0 Å². The number of aliphatic hydroxyl groups is 1. The summed E-state index contributed by atoms with van der Waals surface area (Å²) in [5.74, 6) is 0.881. The van der Waals surface area contributed by atoms with Gasteiger partial charge in [-0.25, -0.2) is 4.98 Å². The summed E-state index contributed by atoms with van der Waals surface area (Å²) >= 11 is 0. The maximum Gasteiger partial charge on any atom is 0.229 e. The lowest BCUT2D eigenvalue weighted by molar-refractivity contribution is 0.199. The first kappa shape index (κ1) is 12.3. The molecular formula is C13H16N4O. The molecule has 0 bridgehead atoms. The van der Waals surface area contributed by atoms with Crippen molar-refractivity contribution in [3.05, 3.63) is 41.6 Å². The van der Waals surface area contributed by atoms with Gasteiger partial charge in [0.15, 0.2) is 0 Å². The van der Waals surface area contributed by atoms with E-state index < -0.39 is 6.10 Å². The van der Waals surface area contributed by atoms with Crippen LogP contribution in [0.1, 0.15) is 24.3 Å². The third-order valence-electron chi connectivity index (χ3n) is 2.50. The Morgan fingerprint density at radius 3 is 2.72 bits per heavy atom. The first-order valence-corrected chi connectivity index (χ1v) is 5.71. The summed E-state index contributed by atoms with van der Waals surface area (Å²) in [5, 5.41) is 12.6. The van der Waals surface area contributed by atoms with Gasteiger partial charge < -0.3 is 16.2 Å². The second kappa shape index (κ2) is 5.01. The minimum absolute atomic E-state index is 0.427. The molecule has 1 atom stereocenters. The summed E-state index contributed by atoms with van der Waals surface area (Å²) in [6.07, 6.45) is -0.504. The molecule has 1 aromatic heterocycles. The van der Waals surface area contributed by atoms with Gasteiger partial charge in [-0.3, -0.25) is 0 Å². The van der Waals surface area contributed by atoms with Crippen LogP contribution in [0.3, 0.4) is 0 Å². The third-order valence-corrected chi connectivity index (χ3v) is 2.50. The highest BCUT2D eigenvalue weighted by atomic mass is 16.3. The number of nitrogens with one attached hydrogen (secondary N) is 1. The summed E-state index contributed by atoms with van der Waals surface area (Å²) in [6.45, 7) is 3.58. The van der Waals surface area contributed by atoms with Crippen LogP contribution >= 0.6 is 0 Å². The van der Waals surface area contributed by atoms with Crippen molar-refractivity contribution in [1.82, 2.24) is 9.97 Å². The van der Waals surface area contributed by atoms with Gasteiger partial charge in [0.2, 0.25) is 5.95 Å². The average molecular weight is 244 g/mol. The summed E-state index contributed by atoms with van der Waals surface area (Å²) in [6, 6.07) is 9.17. The van der Waals surface area contributed by atoms with Gasteiger partial charge in [0.25, 0.3) is 0 Å². The van der Waals surface area contributed by atoms with Gasteiger partial charge in [-0.2, -0.15) is 4.98 Å². The van der Waals surface area contributed by atoms with Crippen LogP contribution < -0.4 is 11.1 Å². The van der Waals surface area contributed by atoms with Crippen LogP contribution in [0, 0.1) is 6.92 Å². The van der Waals surface area contributed by atoms with E-state index >= 15 is 0 Å². The third kappa shape index (κ3) is 2.95. The predicted octanol–water partition coefficient (Wildman–Crippen LogP) is 2.16. The number of nitrogens with zero attached hydrogens (tertiary/aromatic N) is 2. The standard InChI is InChI=1S/C13H16N4O/c1-8-6-12(14)17-13(15-8)16-11-5-3-4-10(7-11)9(2)18/h3-7,9,18H,1-2H3,(H3,14,15,16,17)/t9-/m0/s1. The number of hydrogen-bond acceptors (Lipinski definition) is 5. The van der Waals surface area contributed by atoms with Crippen LogP contribution in [0.4, 0.5) is 17.5 Å². The molecule has 5 heteroatoms. The van der Waals surface area contributed by atoms with Crippen molar-refractivity contribution in [2.24, 2.45) is 0 Å². The summed E-state index contributed by atoms with van der Waals surface area (Å²) < 4.78 is 0. The van der Waals surface area contributed by atoms with Crippen molar-refractivity contribution in [2.45, 2.75) is 20.0 Å². The van der Waals surface area contributed by atoms with Gasteiger partial charge in [0.1, 0.15) is 5.82 Å². The molecule has 4 N–H and O–H groups in total. The van der Waals surface area contributed by atoms with Crippen LogP contribution in [-0.4, -0.2) is 15.1 Å². The molecule has 0 unspecified atom stereocenters. The molecule has 0 radical (unpaired) electrons. The fourth-order valence-corrected chi connectivity index (χ4v) is 1.65. The van der Waals surface area contributed by atoms with Gasteiger partial charge in [0, 0.05) is 17.4 Å². The Kier molecular flexibility index (Phi) is 3.43. The van der Waals surface area contributed by atoms with E-state index in [1.54, 1.807) is 13.0 Å². The zero-order valence-electron chi connectivity index (χ0n) is 10.4. The maximum atomic E-state index is 9.52. The summed E-state index contributed by atoms with van der Waals surface area (Å²) in [7, 11) is 0. The second-order valence-electron chi connectivity index (χ2n) is 4.18. The summed E-state index contributed by atoms with van der Waals surface area (Å²) in [5.41, 5.74) is 8.11. The molecule has 0 aliphatic heterocycles. The van der Waals surface area contributed by atoms with Crippen LogP contribution in [0.25, 0.3) is 0 Å². The predicted molar refractivity (Wildman–Crippen MR) is 71.5 cm³/mol. The van der Waals surface area contributed by atoms with E-state index in [-0.39, 0.29) is 0 Å². The SMILES string of the molecule is Cc1cc(N)nc(Nc2cccc([C@H](C)O)c2)n1. The maximum absolute atomic E-state index is 9.52. The molecule has 0 spiro atoms. The average Bonchev–Trinajstić information content (AvgIpc) is 2.27. The smallest absolute Gasteiger partial charge is 0.229 e. The molecule has 5 nitrogen and oxygen atoms in total. The Morgan fingerprint density at radius 1 is 1.28 bits per heavy atom. The van der Waals surface area contributed by atoms with Crippen LogP contribution in [0.5, 0.6) is 0 Å². The molecule has 0 aliphatic carbocycles. The normalized spacial score (nSPS) is 12.2. The van der Waals surface area contributed by atoms with E-state index in [1.165, 1.54) is 0 Å². The number of benzene rings is 1. The molecule has 0 saturated carbocycles. The molecule has 0 aliphatic rings. The van der Waals surface area contributed by atoms with Crippen molar-refractivity contribution < 1.29 is 5.11 Å². The van der Waals surface area contributed by atoms with Gasteiger partial charge in [-0.05, 0) is 31.5 Å². The van der Waals surface area contributed by atoms with Crippen molar-refractivity contribution in [3.8, 4) is 0 Å². The topological polar surface area (TPSA) is 84.1 Å². The Bertz CT molecular complexity index is 534. The molecule has 18 heavy (non-hydrogen) atoms. The van der Waals surface area contributed by atoms with Crippen molar-refractivity contribution in [3.63, 3.8) is 0 Å². The number of hydrogen-bond donors (Lipinski definition) is 3. The molecule has 0 saturated heterocycles. The first-order valence-electron chi connectivity index (χ1n) is 5.71. The number of rotatable bonds is 3. The minimum Gasteiger partial charge on any atom is -0.389 e. The number of nitrogen functional groups attached to an aromatic ring is 1. The van der Waals surface area contributed by atoms with Gasteiger partial charge >= 0.3 is 0 Å². The minimum atomic E-state index is -0.504. The number of anilines is 3. The molecule has 1 aromatic carbocycles. The molecule has 0 amide bonds. The van der Waals surface area contributed by atoms with Crippen LogP contribution in [0.15, 0.2) is 30.3 Å². The molecule has 1 heterocycles. The van der Waals surface area contributed by atoms with Gasteiger partial charge in [0.05, 0.1) is 6.10 Å². The Hall–Kier alpha value is -2.14. The largest absolute Gasteiger partial charge is 0.389 e. The Morgan fingerprint density at radius 2 is 2.06 bits per heavy atom. The summed E-state index contributed by atoms with van der Waals surface area (Å²) in [4.78, 5) is 8.34. The van der Waals surface area contributed by atoms with Gasteiger partial charge in [-0.15, -0.1) is 0 Å². The number of nitrogens with two attached hydrogens (primary N) is 1. The molecule has 2 rings (SSSR count).